The first kappa shape index (κ1) is 19.6. The Labute approximate surface area is 103 Å². The zero-order chi connectivity index (χ0) is 15.9. The van der Waals surface area contributed by atoms with E-state index in [1.165, 1.54) is 0 Å². The summed E-state index contributed by atoms with van der Waals surface area (Å²) in [6.45, 7) is 3.50. The van der Waals surface area contributed by atoms with Gasteiger partial charge in [-0.2, -0.15) is 22.0 Å². The fraction of sp³-hybridized carbons (Fsp3) is 0.556. The molecular weight excluding hydrogens is 286 g/mol. The molecule has 0 aliphatic carbocycles. The predicted octanol–water partition coefficient (Wildman–Crippen LogP) is 2.69. The summed E-state index contributed by atoms with van der Waals surface area (Å²) in [6, 6.07) is 0. The second-order valence-corrected chi connectivity index (χ2v) is 2.98. The highest BCUT2D eigenvalue weighted by Crippen LogP contribution is 2.32. The number of aliphatic carboxylic acids is 1. The van der Waals surface area contributed by atoms with Crippen LogP contribution in [0.4, 0.5) is 26.3 Å². The van der Waals surface area contributed by atoms with Crippen molar-refractivity contribution >= 4 is 11.9 Å². The average Bonchev–Trinajstić information content (AvgIpc) is 2.13. The van der Waals surface area contributed by atoms with Gasteiger partial charge in [0.25, 0.3) is 0 Å². The van der Waals surface area contributed by atoms with Crippen LogP contribution < -0.4 is 0 Å². The lowest BCUT2D eigenvalue weighted by atomic mass is 10.2. The van der Waals surface area contributed by atoms with Crippen LogP contribution in [0.3, 0.4) is 0 Å². The average molecular weight is 296 g/mol. The number of ether oxygens (including phenoxy) is 1. The number of carbonyl (C=O) groups is 2. The Hall–Kier alpha value is -1.74. The summed E-state index contributed by atoms with van der Waals surface area (Å²) in [4.78, 5) is 19.2. The molecular formula is C9H10F6O4. The topological polar surface area (TPSA) is 63.6 Å². The van der Waals surface area contributed by atoms with Gasteiger partial charge in [0.15, 0.2) is 0 Å². The van der Waals surface area contributed by atoms with Crippen molar-refractivity contribution in [2.24, 2.45) is 0 Å². The Morgan fingerprint density at radius 1 is 1.32 bits per heavy atom. The van der Waals surface area contributed by atoms with Crippen LogP contribution in [-0.2, 0) is 14.3 Å². The summed E-state index contributed by atoms with van der Waals surface area (Å²) in [5.41, 5.74) is 0. The quantitative estimate of drug-likeness (QED) is 0.492. The minimum atomic E-state index is -5.08. The predicted molar refractivity (Wildman–Crippen MR) is 50.1 cm³/mol. The third-order valence-corrected chi connectivity index (χ3v) is 1.23. The summed E-state index contributed by atoms with van der Waals surface area (Å²) >= 11 is 0. The highest BCUT2D eigenvalue weighted by molar-refractivity contribution is 5.78. The van der Waals surface area contributed by atoms with Crippen LogP contribution in [0.1, 0.15) is 13.3 Å². The molecule has 112 valence electrons. The Bertz CT molecular complexity index is 325. The highest BCUT2D eigenvalue weighted by atomic mass is 19.4. The molecule has 1 unspecified atom stereocenters. The molecule has 0 heterocycles. The largest absolute Gasteiger partial charge is 0.478 e. The van der Waals surface area contributed by atoms with Crippen molar-refractivity contribution in [2.75, 3.05) is 0 Å². The normalized spacial score (nSPS) is 12.8. The van der Waals surface area contributed by atoms with Gasteiger partial charge in [-0.15, -0.1) is 0 Å². The van der Waals surface area contributed by atoms with E-state index in [4.69, 9.17) is 5.11 Å². The molecule has 10 heteroatoms. The Morgan fingerprint density at radius 3 is 1.89 bits per heavy atom. The van der Waals surface area contributed by atoms with Crippen LogP contribution in [0.5, 0.6) is 0 Å². The summed E-state index contributed by atoms with van der Waals surface area (Å²) in [5, 5.41) is 7.60. The molecule has 0 saturated heterocycles. The number of hydrogen-bond donors (Lipinski definition) is 1. The maximum Gasteiger partial charge on any atom is 0.432 e. The molecule has 1 atom stereocenters. The van der Waals surface area contributed by atoms with Crippen molar-refractivity contribution in [1.82, 2.24) is 0 Å². The number of carbonyl (C=O) groups excluding carboxylic acids is 1. The summed E-state index contributed by atoms with van der Waals surface area (Å²) in [7, 11) is 0. The second kappa shape index (κ2) is 7.64. The molecule has 0 fully saturated rings. The lowest BCUT2D eigenvalue weighted by molar-refractivity contribution is -0.276. The van der Waals surface area contributed by atoms with Gasteiger partial charge in [0.2, 0.25) is 6.17 Å². The van der Waals surface area contributed by atoms with E-state index in [1.807, 2.05) is 0 Å². The van der Waals surface area contributed by atoms with Crippen LogP contribution in [0.2, 0.25) is 0 Å². The van der Waals surface area contributed by atoms with E-state index >= 15 is 0 Å². The smallest absolute Gasteiger partial charge is 0.432 e. The SMILES string of the molecule is C=CC(=O)O.CC(=O)OC(F)(F)C(F)CC(F)(F)F. The van der Waals surface area contributed by atoms with Gasteiger partial charge in [0, 0.05) is 13.0 Å². The summed E-state index contributed by atoms with van der Waals surface area (Å²) in [6.07, 6.45) is -15.0. The molecule has 0 aromatic carbocycles. The first-order valence-corrected chi connectivity index (χ1v) is 4.45. The molecule has 19 heavy (non-hydrogen) atoms. The van der Waals surface area contributed by atoms with Crippen LogP contribution in [0.25, 0.3) is 0 Å². The Morgan fingerprint density at radius 2 is 1.68 bits per heavy atom. The van der Waals surface area contributed by atoms with E-state index in [1.54, 1.807) is 0 Å². The van der Waals surface area contributed by atoms with E-state index in [0.29, 0.717) is 6.92 Å². The minimum absolute atomic E-state index is 0.536. The van der Waals surface area contributed by atoms with Crippen molar-refractivity contribution in [3.63, 3.8) is 0 Å². The fourth-order valence-corrected chi connectivity index (χ4v) is 0.578. The van der Waals surface area contributed by atoms with Gasteiger partial charge in [-0.3, -0.25) is 4.79 Å². The van der Waals surface area contributed by atoms with Crippen LogP contribution in [0, 0.1) is 0 Å². The zero-order valence-electron chi connectivity index (χ0n) is 9.51. The van der Waals surface area contributed by atoms with Crippen molar-refractivity contribution in [3.8, 4) is 0 Å². The van der Waals surface area contributed by atoms with Crippen LogP contribution >= 0.6 is 0 Å². The highest BCUT2D eigenvalue weighted by Gasteiger charge is 2.49. The first-order chi connectivity index (χ1) is 8.31. The monoisotopic (exact) mass is 296 g/mol. The molecule has 0 amide bonds. The van der Waals surface area contributed by atoms with E-state index in [2.05, 4.69) is 11.3 Å². The molecule has 4 nitrogen and oxygen atoms in total. The molecule has 0 aromatic heterocycles. The number of alkyl halides is 6. The fourth-order valence-electron chi connectivity index (χ4n) is 0.578. The van der Waals surface area contributed by atoms with Gasteiger partial charge in [0.1, 0.15) is 0 Å². The number of carboxylic acid groups (broad SMARTS) is 1. The third kappa shape index (κ3) is 12.5. The second-order valence-electron chi connectivity index (χ2n) is 2.98. The van der Waals surface area contributed by atoms with Crippen molar-refractivity contribution in [2.45, 2.75) is 31.8 Å². The first-order valence-electron chi connectivity index (χ1n) is 4.45. The number of halogens is 6. The molecule has 1 N–H and O–H groups in total. The maximum absolute atomic E-state index is 12.3. The maximum atomic E-state index is 12.3. The minimum Gasteiger partial charge on any atom is -0.478 e. The van der Waals surface area contributed by atoms with Crippen LogP contribution in [-0.4, -0.2) is 35.5 Å². The Balaban J connectivity index is 0. The molecule has 0 rings (SSSR count). The van der Waals surface area contributed by atoms with E-state index in [0.717, 1.165) is 6.08 Å². The third-order valence-electron chi connectivity index (χ3n) is 1.23. The van der Waals surface area contributed by atoms with Crippen molar-refractivity contribution in [3.05, 3.63) is 12.7 Å². The van der Waals surface area contributed by atoms with Gasteiger partial charge in [-0.05, 0) is 0 Å². The van der Waals surface area contributed by atoms with Crippen LogP contribution in [0.15, 0.2) is 12.7 Å². The molecule has 0 aromatic rings. The van der Waals surface area contributed by atoms with E-state index in [-0.39, 0.29) is 0 Å². The number of rotatable bonds is 4. The molecule has 0 bridgehead atoms. The lowest BCUT2D eigenvalue weighted by Gasteiger charge is -2.20. The van der Waals surface area contributed by atoms with Gasteiger partial charge < -0.3 is 9.84 Å². The molecule has 0 saturated carbocycles. The summed E-state index contributed by atoms with van der Waals surface area (Å²) < 4.78 is 74.3. The number of hydrogen-bond acceptors (Lipinski definition) is 3. The van der Waals surface area contributed by atoms with Gasteiger partial charge in [-0.1, -0.05) is 6.58 Å². The van der Waals surface area contributed by atoms with E-state index in [9.17, 15) is 35.9 Å². The zero-order valence-corrected chi connectivity index (χ0v) is 9.51. The van der Waals surface area contributed by atoms with Crippen molar-refractivity contribution < 1.29 is 45.8 Å². The molecule has 0 spiro atoms. The lowest BCUT2D eigenvalue weighted by Crippen LogP contribution is -2.37. The number of esters is 1. The van der Waals surface area contributed by atoms with Crippen molar-refractivity contribution in [1.29, 1.82) is 0 Å². The standard InChI is InChI=1S/C6H6F6O2.C3H4O2/c1-3(13)14-6(11,12)4(7)2-5(8,9)10;1-2-3(4)5/h4H,2H2,1H3;2H,1H2,(H,4,5). The molecule has 0 aliphatic rings. The van der Waals surface area contributed by atoms with Gasteiger partial charge in [0.05, 0.1) is 6.42 Å². The molecule has 0 aliphatic heterocycles. The Kier molecular flexibility index (Phi) is 7.88. The van der Waals surface area contributed by atoms with Gasteiger partial charge >= 0.3 is 24.2 Å². The van der Waals surface area contributed by atoms with E-state index < -0.39 is 36.8 Å². The van der Waals surface area contributed by atoms with Gasteiger partial charge in [-0.25, -0.2) is 9.18 Å². The number of carboxylic acids is 1. The molecule has 0 radical (unpaired) electrons. The summed E-state index contributed by atoms with van der Waals surface area (Å²) in [5.74, 6) is -2.54.